The molecule has 1 N–H and O–H groups in total. The minimum atomic E-state index is -0.479. The lowest BCUT2D eigenvalue weighted by Gasteiger charge is -2.02. The summed E-state index contributed by atoms with van der Waals surface area (Å²) in [5, 5.41) is 27.4. The van der Waals surface area contributed by atoms with Crippen LogP contribution in [0.2, 0.25) is 0 Å². The molecule has 0 atom stereocenters. The number of aliphatic hydroxyl groups is 1. The molecule has 0 unspecified atom stereocenters. The van der Waals surface area contributed by atoms with Crippen molar-refractivity contribution in [3.8, 4) is 5.69 Å². The number of hydrogen-bond donors (Lipinski definition) is 1. The highest BCUT2D eigenvalue weighted by Gasteiger charge is 2.17. The van der Waals surface area contributed by atoms with Gasteiger partial charge in [-0.3, -0.25) is 10.1 Å². The van der Waals surface area contributed by atoms with E-state index in [1.165, 1.54) is 10.7 Å². The fraction of sp³-hybridized carbons (Fsp3) is 0.200. The van der Waals surface area contributed by atoms with Crippen molar-refractivity contribution in [3.63, 3.8) is 0 Å². The first-order valence-corrected chi connectivity index (χ1v) is 5.87. The maximum absolute atomic E-state index is 11.0. The van der Waals surface area contributed by atoms with Gasteiger partial charge >= 0.3 is 0 Å². The van der Waals surface area contributed by atoms with Gasteiger partial charge in [-0.2, -0.15) is 0 Å². The first-order chi connectivity index (χ1) is 8.61. The van der Waals surface area contributed by atoms with E-state index < -0.39 is 4.92 Å². The lowest BCUT2D eigenvalue weighted by molar-refractivity contribution is -0.384. The standard InChI is InChI=1S/C10H9BrN4O3/c11-7-1-2-9(10(5-7)15(17)18)14-6-8(3-4-16)12-13-14/h1-2,5-6,16H,3-4H2. The Balaban J connectivity index is 2.45. The van der Waals surface area contributed by atoms with Crippen LogP contribution in [0.4, 0.5) is 5.69 Å². The first-order valence-electron chi connectivity index (χ1n) is 5.08. The van der Waals surface area contributed by atoms with Gasteiger partial charge in [-0.1, -0.05) is 21.1 Å². The van der Waals surface area contributed by atoms with Crippen molar-refractivity contribution in [1.29, 1.82) is 0 Å². The second kappa shape index (κ2) is 5.23. The molecule has 0 radical (unpaired) electrons. The van der Waals surface area contributed by atoms with E-state index in [2.05, 4.69) is 26.2 Å². The van der Waals surface area contributed by atoms with Gasteiger partial charge in [-0.05, 0) is 12.1 Å². The summed E-state index contributed by atoms with van der Waals surface area (Å²) in [7, 11) is 0. The predicted octanol–water partition coefficient (Wildman–Crippen LogP) is 1.47. The molecule has 0 amide bonds. The van der Waals surface area contributed by atoms with Crippen LogP contribution in [0.1, 0.15) is 5.69 Å². The molecule has 0 aliphatic rings. The van der Waals surface area contributed by atoms with Crippen molar-refractivity contribution in [2.75, 3.05) is 6.61 Å². The van der Waals surface area contributed by atoms with Gasteiger partial charge in [0.15, 0.2) is 0 Å². The minimum absolute atomic E-state index is 0.0406. The minimum Gasteiger partial charge on any atom is -0.396 e. The number of nitro benzene ring substituents is 1. The van der Waals surface area contributed by atoms with Gasteiger partial charge in [-0.25, -0.2) is 4.68 Å². The molecule has 0 aliphatic carbocycles. The van der Waals surface area contributed by atoms with Crippen molar-refractivity contribution >= 4 is 21.6 Å². The quantitative estimate of drug-likeness (QED) is 0.681. The van der Waals surface area contributed by atoms with Crippen LogP contribution in [0.25, 0.3) is 5.69 Å². The number of benzene rings is 1. The molecule has 18 heavy (non-hydrogen) atoms. The Kier molecular flexibility index (Phi) is 3.68. The molecule has 8 heteroatoms. The van der Waals surface area contributed by atoms with Gasteiger partial charge in [0.2, 0.25) is 0 Å². The Morgan fingerprint density at radius 2 is 2.28 bits per heavy atom. The van der Waals surface area contributed by atoms with Crippen LogP contribution >= 0.6 is 15.9 Å². The lowest BCUT2D eigenvalue weighted by Crippen LogP contribution is -2.00. The number of nitro groups is 1. The molecular weight excluding hydrogens is 304 g/mol. The summed E-state index contributed by atoms with van der Waals surface area (Å²) in [5.74, 6) is 0. The van der Waals surface area contributed by atoms with E-state index in [4.69, 9.17) is 5.11 Å². The normalized spacial score (nSPS) is 10.6. The number of rotatable bonds is 4. The Labute approximate surface area is 110 Å². The van der Waals surface area contributed by atoms with E-state index in [0.717, 1.165) is 0 Å². The molecule has 2 aromatic rings. The molecule has 94 valence electrons. The highest BCUT2D eigenvalue weighted by molar-refractivity contribution is 9.10. The van der Waals surface area contributed by atoms with Crippen molar-refractivity contribution in [2.45, 2.75) is 6.42 Å². The fourth-order valence-electron chi connectivity index (χ4n) is 1.48. The number of nitrogens with zero attached hydrogens (tertiary/aromatic N) is 4. The molecule has 1 aromatic heterocycles. The van der Waals surface area contributed by atoms with Gasteiger partial charge in [0.25, 0.3) is 5.69 Å². The predicted molar refractivity (Wildman–Crippen MR) is 66.5 cm³/mol. The molecule has 7 nitrogen and oxygen atoms in total. The van der Waals surface area contributed by atoms with Crippen molar-refractivity contribution < 1.29 is 10.0 Å². The molecule has 0 aliphatic heterocycles. The monoisotopic (exact) mass is 312 g/mol. The Morgan fingerprint density at radius 3 is 2.94 bits per heavy atom. The van der Waals surface area contributed by atoms with E-state index >= 15 is 0 Å². The van der Waals surface area contributed by atoms with Gasteiger partial charge in [0.1, 0.15) is 5.69 Å². The molecule has 2 rings (SSSR count). The third-order valence-electron chi connectivity index (χ3n) is 2.29. The second-order valence-corrected chi connectivity index (χ2v) is 4.43. The Hall–Kier alpha value is -1.80. The highest BCUT2D eigenvalue weighted by atomic mass is 79.9. The molecule has 0 saturated carbocycles. The van der Waals surface area contributed by atoms with Crippen LogP contribution in [-0.2, 0) is 6.42 Å². The fourth-order valence-corrected chi connectivity index (χ4v) is 1.83. The summed E-state index contributed by atoms with van der Waals surface area (Å²) >= 11 is 3.18. The summed E-state index contributed by atoms with van der Waals surface area (Å²) in [6.45, 7) is -0.0406. The molecule has 1 aromatic carbocycles. The summed E-state index contributed by atoms with van der Waals surface area (Å²) in [4.78, 5) is 10.5. The summed E-state index contributed by atoms with van der Waals surface area (Å²) < 4.78 is 1.95. The van der Waals surface area contributed by atoms with E-state index in [1.807, 2.05) is 0 Å². The van der Waals surface area contributed by atoms with E-state index in [0.29, 0.717) is 22.3 Å². The number of halogens is 1. The number of hydrogen-bond acceptors (Lipinski definition) is 5. The zero-order valence-corrected chi connectivity index (χ0v) is 10.7. The third kappa shape index (κ3) is 2.54. The van der Waals surface area contributed by atoms with Crippen LogP contribution in [0.5, 0.6) is 0 Å². The molecule has 1 heterocycles. The average Bonchev–Trinajstić information content (AvgIpc) is 2.78. The Morgan fingerprint density at radius 1 is 1.50 bits per heavy atom. The van der Waals surface area contributed by atoms with Gasteiger partial charge < -0.3 is 5.11 Å². The van der Waals surface area contributed by atoms with Crippen LogP contribution in [0.3, 0.4) is 0 Å². The van der Waals surface area contributed by atoms with Crippen molar-refractivity contribution in [1.82, 2.24) is 15.0 Å². The largest absolute Gasteiger partial charge is 0.396 e. The molecule has 0 saturated heterocycles. The highest BCUT2D eigenvalue weighted by Crippen LogP contribution is 2.26. The van der Waals surface area contributed by atoms with E-state index in [1.54, 1.807) is 18.3 Å². The van der Waals surface area contributed by atoms with E-state index in [-0.39, 0.29) is 12.3 Å². The van der Waals surface area contributed by atoms with Gasteiger partial charge in [0, 0.05) is 23.6 Å². The molecule has 0 bridgehead atoms. The molecule has 0 fully saturated rings. The average molecular weight is 313 g/mol. The maximum Gasteiger partial charge on any atom is 0.296 e. The topological polar surface area (TPSA) is 94.1 Å². The van der Waals surface area contributed by atoms with Crippen LogP contribution in [-0.4, -0.2) is 31.6 Å². The number of aromatic nitrogens is 3. The maximum atomic E-state index is 11.0. The zero-order chi connectivity index (χ0) is 13.1. The molecule has 0 spiro atoms. The Bertz CT molecular complexity index is 584. The zero-order valence-electron chi connectivity index (χ0n) is 9.15. The van der Waals surface area contributed by atoms with Crippen LogP contribution < -0.4 is 0 Å². The number of aliphatic hydroxyl groups excluding tert-OH is 1. The van der Waals surface area contributed by atoms with Crippen LogP contribution in [0.15, 0.2) is 28.9 Å². The smallest absolute Gasteiger partial charge is 0.296 e. The summed E-state index contributed by atoms with van der Waals surface area (Å²) in [5.41, 5.74) is 0.847. The van der Waals surface area contributed by atoms with Gasteiger partial charge in [-0.15, -0.1) is 5.10 Å². The summed E-state index contributed by atoms with van der Waals surface area (Å²) in [6.07, 6.45) is 1.93. The summed E-state index contributed by atoms with van der Waals surface area (Å²) in [6, 6.07) is 4.68. The van der Waals surface area contributed by atoms with Crippen molar-refractivity contribution in [3.05, 3.63) is 44.7 Å². The van der Waals surface area contributed by atoms with Gasteiger partial charge in [0.05, 0.1) is 16.8 Å². The lowest BCUT2D eigenvalue weighted by atomic mass is 10.2. The molecular formula is C10H9BrN4O3. The SMILES string of the molecule is O=[N+]([O-])c1cc(Br)ccc1-n1cc(CCO)nn1. The van der Waals surface area contributed by atoms with Crippen LogP contribution in [0, 0.1) is 10.1 Å². The first kappa shape index (κ1) is 12.7. The third-order valence-corrected chi connectivity index (χ3v) is 2.78. The second-order valence-electron chi connectivity index (χ2n) is 3.52. The van der Waals surface area contributed by atoms with E-state index in [9.17, 15) is 10.1 Å². The van der Waals surface area contributed by atoms with Crippen molar-refractivity contribution in [2.24, 2.45) is 0 Å².